The lowest BCUT2D eigenvalue weighted by molar-refractivity contribution is 0.174. The quantitative estimate of drug-likeness (QED) is 0.394. The molecule has 0 fully saturated rings. The molecule has 0 amide bonds. The molecule has 1 aromatic heterocycles. The lowest BCUT2D eigenvalue weighted by atomic mass is 10.1. The maximum absolute atomic E-state index is 10.1. The molecule has 0 saturated heterocycles. The number of rotatable bonds is 7. The summed E-state index contributed by atoms with van der Waals surface area (Å²) in [5, 5.41) is 32.0. The number of aliphatic hydroxyl groups excluding tert-OH is 1. The first kappa shape index (κ1) is 16.3. The van der Waals surface area contributed by atoms with Gasteiger partial charge in [0.2, 0.25) is 0 Å². The summed E-state index contributed by atoms with van der Waals surface area (Å²) in [7, 11) is 0. The van der Waals surface area contributed by atoms with E-state index in [1.807, 2.05) is 24.5 Å². The number of para-hydroxylation sites is 2. The number of phenolic OH excluding ortho intramolecular Hbond substituents is 2. The highest BCUT2D eigenvalue weighted by atomic mass is 16.3. The minimum absolute atomic E-state index is 0.188. The van der Waals surface area contributed by atoms with Gasteiger partial charge in [0.15, 0.2) is 11.5 Å². The Labute approximate surface area is 140 Å². The zero-order valence-corrected chi connectivity index (χ0v) is 13.3. The molecule has 24 heavy (non-hydrogen) atoms. The van der Waals surface area contributed by atoms with Gasteiger partial charge >= 0.3 is 0 Å². The third kappa shape index (κ3) is 3.67. The zero-order chi connectivity index (χ0) is 16.9. The van der Waals surface area contributed by atoms with Gasteiger partial charge < -0.3 is 25.2 Å². The van der Waals surface area contributed by atoms with Gasteiger partial charge in [-0.2, -0.15) is 0 Å². The predicted octanol–water partition coefficient (Wildman–Crippen LogP) is 2.16. The van der Waals surface area contributed by atoms with Crippen molar-refractivity contribution in [2.45, 2.75) is 19.1 Å². The van der Waals surface area contributed by atoms with Gasteiger partial charge in [0.1, 0.15) is 0 Å². The molecule has 1 atom stereocenters. The summed E-state index contributed by atoms with van der Waals surface area (Å²) in [4.78, 5) is 4.36. The SMILES string of the molecule is Oc1ccc(C(O)CNCCCn2cnc3ccccc32)cc1O. The number of aliphatic hydroxyl groups is 1. The molecule has 0 aliphatic carbocycles. The van der Waals surface area contributed by atoms with Gasteiger partial charge in [0.05, 0.1) is 23.5 Å². The van der Waals surface area contributed by atoms with E-state index < -0.39 is 6.10 Å². The Morgan fingerprint density at radius 2 is 1.92 bits per heavy atom. The second-order valence-electron chi connectivity index (χ2n) is 5.75. The summed E-state index contributed by atoms with van der Waals surface area (Å²) >= 11 is 0. The summed E-state index contributed by atoms with van der Waals surface area (Å²) in [5.41, 5.74) is 2.68. The maximum atomic E-state index is 10.1. The predicted molar refractivity (Wildman–Crippen MR) is 92.0 cm³/mol. The summed E-state index contributed by atoms with van der Waals surface area (Å²) in [6, 6.07) is 12.4. The van der Waals surface area contributed by atoms with Crippen LogP contribution in [0.5, 0.6) is 11.5 Å². The monoisotopic (exact) mass is 327 g/mol. The average Bonchev–Trinajstić information content (AvgIpc) is 3.00. The maximum Gasteiger partial charge on any atom is 0.157 e. The standard InChI is InChI=1S/C18H21N3O3/c22-16-7-6-13(10-17(16)23)18(24)11-19-8-3-9-21-12-20-14-4-1-2-5-15(14)21/h1-2,4-7,10,12,18-19,22-24H,3,8-9,11H2. The van der Waals surface area contributed by atoms with Crippen LogP contribution in [-0.4, -0.2) is 38.0 Å². The van der Waals surface area contributed by atoms with Gasteiger partial charge in [-0.1, -0.05) is 18.2 Å². The van der Waals surface area contributed by atoms with Gasteiger partial charge in [-0.3, -0.25) is 0 Å². The number of aromatic hydroxyl groups is 2. The van der Waals surface area contributed by atoms with Crippen molar-refractivity contribution in [1.82, 2.24) is 14.9 Å². The summed E-state index contributed by atoms with van der Waals surface area (Å²) in [6.07, 6.45) is 2.03. The molecule has 0 aliphatic rings. The third-order valence-corrected chi connectivity index (χ3v) is 4.00. The molecule has 3 rings (SSSR count). The minimum atomic E-state index is -0.731. The molecule has 3 aromatic rings. The van der Waals surface area contributed by atoms with Crippen molar-refractivity contribution in [3.8, 4) is 11.5 Å². The lowest BCUT2D eigenvalue weighted by Gasteiger charge is -2.13. The summed E-state index contributed by atoms with van der Waals surface area (Å²) in [6.45, 7) is 1.99. The highest BCUT2D eigenvalue weighted by Gasteiger charge is 2.09. The fraction of sp³-hybridized carbons (Fsp3) is 0.278. The molecule has 2 aromatic carbocycles. The van der Waals surface area contributed by atoms with Crippen LogP contribution in [0.2, 0.25) is 0 Å². The number of nitrogens with one attached hydrogen (secondary N) is 1. The van der Waals surface area contributed by atoms with Crippen molar-refractivity contribution in [1.29, 1.82) is 0 Å². The number of phenols is 2. The van der Waals surface area contributed by atoms with Crippen LogP contribution in [0, 0.1) is 0 Å². The van der Waals surface area contributed by atoms with Crippen molar-refractivity contribution in [3.05, 3.63) is 54.4 Å². The van der Waals surface area contributed by atoms with Gasteiger partial charge in [-0.05, 0) is 42.8 Å². The molecule has 4 N–H and O–H groups in total. The minimum Gasteiger partial charge on any atom is -0.504 e. The van der Waals surface area contributed by atoms with E-state index in [0.717, 1.165) is 30.5 Å². The van der Waals surface area contributed by atoms with Crippen LogP contribution in [0.15, 0.2) is 48.8 Å². The molecule has 126 valence electrons. The highest BCUT2D eigenvalue weighted by molar-refractivity contribution is 5.74. The topological polar surface area (TPSA) is 90.5 Å². The Kier molecular flexibility index (Phi) is 4.98. The molecule has 0 spiro atoms. The van der Waals surface area contributed by atoms with E-state index in [1.54, 1.807) is 6.07 Å². The van der Waals surface area contributed by atoms with E-state index in [2.05, 4.69) is 20.9 Å². The van der Waals surface area contributed by atoms with Gasteiger partial charge in [0, 0.05) is 13.1 Å². The van der Waals surface area contributed by atoms with Crippen LogP contribution >= 0.6 is 0 Å². The van der Waals surface area contributed by atoms with Crippen LogP contribution in [-0.2, 0) is 6.54 Å². The number of hydrogen-bond donors (Lipinski definition) is 4. The van der Waals surface area contributed by atoms with Gasteiger partial charge in [-0.25, -0.2) is 4.98 Å². The molecule has 6 heteroatoms. The largest absolute Gasteiger partial charge is 0.504 e. The second-order valence-corrected chi connectivity index (χ2v) is 5.75. The number of imidazole rings is 1. The van der Waals surface area contributed by atoms with Crippen molar-refractivity contribution < 1.29 is 15.3 Å². The Balaban J connectivity index is 1.44. The zero-order valence-electron chi connectivity index (χ0n) is 13.3. The van der Waals surface area contributed by atoms with Crippen LogP contribution in [0.25, 0.3) is 11.0 Å². The second kappa shape index (κ2) is 7.33. The molecule has 0 radical (unpaired) electrons. The summed E-state index contributed by atoms with van der Waals surface area (Å²) in [5.74, 6) is -0.412. The number of hydrogen-bond acceptors (Lipinski definition) is 5. The Morgan fingerprint density at radius 1 is 1.08 bits per heavy atom. The fourth-order valence-electron chi connectivity index (χ4n) is 2.67. The molecule has 1 unspecified atom stereocenters. The van der Waals surface area contributed by atoms with Crippen molar-refractivity contribution in [2.75, 3.05) is 13.1 Å². The van der Waals surface area contributed by atoms with Crippen molar-refractivity contribution >= 4 is 11.0 Å². The smallest absolute Gasteiger partial charge is 0.157 e. The van der Waals surface area contributed by atoms with E-state index in [9.17, 15) is 15.3 Å². The van der Waals surface area contributed by atoms with Gasteiger partial charge in [-0.15, -0.1) is 0 Å². The summed E-state index contributed by atoms with van der Waals surface area (Å²) < 4.78 is 2.12. The Morgan fingerprint density at radius 3 is 2.75 bits per heavy atom. The molecule has 0 aliphatic heterocycles. The number of fused-ring (bicyclic) bond motifs is 1. The molecular weight excluding hydrogens is 306 g/mol. The van der Waals surface area contributed by atoms with Crippen LogP contribution in [0.3, 0.4) is 0 Å². The normalized spacial score (nSPS) is 12.5. The number of aromatic nitrogens is 2. The number of aryl methyl sites for hydroxylation is 1. The van der Waals surface area contributed by atoms with E-state index in [0.29, 0.717) is 12.1 Å². The van der Waals surface area contributed by atoms with Crippen molar-refractivity contribution in [3.63, 3.8) is 0 Å². The van der Waals surface area contributed by atoms with Gasteiger partial charge in [0.25, 0.3) is 0 Å². The molecule has 1 heterocycles. The number of benzene rings is 2. The first-order chi connectivity index (χ1) is 11.6. The first-order valence-corrected chi connectivity index (χ1v) is 7.95. The fourth-order valence-corrected chi connectivity index (χ4v) is 2.67. The Hall–Kier alpha value is -2.57. The van der Waals surface area contributed by atoms with Crippen LogP contribution < -0.4 is 5.32 Å². The van der Waals surface area contributed by atoms with E-state index in [1.165, 1.54) is 12.1 Å². The Bertz CT molecular complexity index is 816. The van der Waals surface area contributed by atoms with E-state index in [-0.39, 0.29) is 11.5 Å². The average molecular weight is 327 g/mol. The molecular formula is C18H21N3O3. The molecule has 0 saturated carbocycles. The van der Waals surface area contributed by atoms with Crippen LogP contribution in [0.4, 0.5) is 0 Å². The van der Waals surface area contributed by atoms with E-state index in [4.69, 9.17) is 0 Å². The van der Waals surface area contributed by atoms with Crippen LogP contribution in [0.1, 0.15) is 18.1 Å². The molecule has 6 nitrogen and oxygen atoms in total. The lowest BCUT2D eigenvalue weighted by Crippen LogP contribution is -2.23. The van der Waals surface area contributed by atoms with Crippen molar-refractivity contribution in [2.24, 2.45) is 0 Å². The molecule has 0 bridgehead atoms. The number of nitrogens with zero attached hydrogens (tertiary/aromatic N) is 2. The van der Waals surface area contributed by atoms with E-state index >= 15 is 0 Å². The first-order valence-electron chi connectivity index (χ1n) is 7.95. The highest BCUT2D eigenvalue weighted by Crippen LogP contribution is 2.27. The third-order valence-electron chi connectivity index (χ3n) is 4.00.